The summed E-state index contributed by atoms with van der Waals surface area (Å²) in [6.45, 7) is 0. The van der Waals surface area contributed by atoms with Crippen LogP contribution >= 0.6 is 11.8 Å². The second kappa shape index (κ2) is 4.08. The summed E-state index contributed by atoms with van der Waals surface area (Å²) in [4.78, 5) is 32.8. The van der Waals surface area contributed by atoms with Crippen LogP contribution in [-0.2, 0) is 14.4 Å². The van der Waals surface area contributed by atoms with Gasteiger partial charge in [-0.25, -0.2) is 0 Å². The Kier molecular flexibility index (Phi) is 2.92. The van der Waals surface area contributed by atoms with Gasteiger partial charge in [0.25, 0.3) is 0 Å². The molecule has 1 aliphatic heterocycles. The number of aliphatic carboxylic acids is 1. The van der Waals surface area contributed by atoms with E-state index in [4.69, 9.17) is 5.11 Å². The number of thioether (sulfide) groups is 1. The number of carbonyl (C=O) groups is 3. The fraction of sp³-hybridized carbons (Fsp3) is 0.700. The third-order valence-corrected chi connectivity index (χ3v) is 4.56. The maximum atomic E-state index is 11.3. The van der Waals surface area contributed by atoms with Crippen LogP contribution in [0.1, 0.15) is 25.7 Å². The highest BCUT2D eigenvalue weighted by Gasteiger charge is 2.45. The Morgan fingerprint density at radius 3 is 2.62 bits per heavy atom. The summed E-state index contributed by atoms with van der Waals surface area (Å²) in [5, 5.41) is 10.7. The molecule has 1 heterocycles. The summed E-state index contributed by atoms with van der Waals surface area (Å²) in [7, 11) is 0. The smallest absolute Gasteiger partial charge is 0.303 e. The van der Waals surface area contributed by atoms with Crippen molar-refractivity contribution in [3.63, 3.8) is 0 Å². The Morgan fingerprint density at radius 1 is 1.50 bits per heavy atom. The molecule has 0 bridgehead atoms. The summed E-state index contributed by atoms with van der Waals surface area (Å²) in [6.07, 6.45) is 2.22. The first kappa shape index (κ1) is 11.4. The Morgan fingerprint density at radius 2 is 2.19 bits per heavy atom. The highest BCUT2D eigenvalue weighted by atomic mass is 32.2. The molecule has 1 saturated heterocycles. The molecule has 5 nitrogen and oxygen atoms in total. The molecule has 1 saturated carbocycles. The molecule has 2 aliphatic rings. The topological polar surface area (TPSA) is 83.5 Å². The molecule has 0 aromatic heterocycles. The maximum absolute atomic E-state index is 11.3. The molecule has 2 rings (SSSR count). The van der Waals surface area contributed by atoms with E-state index in [9.17, 15) is 14.4 Å². The van der Waals surface area contributed by atoms with Crippen LogP contribution < -0.4 is 5.32 Å². The minimum absolute atomic E-state index is 0.123. The third kappa shape index (κ3) is 2.55. The van der Waals surface area contributed by atoms with Gasteiger partial charge in [-0.05, 0) is 18.3 Å². The predicted octanol–water partition coefficient (Wildman–Crippen LogP) is 0.390. The first-order chi connectivity index (χ1) is 7.51. The van der Waals surface area contributed by atoms with E-state index in [1.807, 2.05) is 0 Å². The van der Waals surface area contributed by atoms with Gasteiger partial charge in [0.05, 0.1) is 11.7 Å². The van der Waals surface area contributed by atoms with E-state index in [2.05, 4.69) is 5.32 Å². The van der Waals surface area contributed by atoms with Gasteiger partial charge >= 0.3 is 5.97 Å². The van der Waals surface area contributed by atoms with E-state index >= 15 is 0 Å². The SMILES string of the molecule is O=C(O)CC1(CSC2CC(=O)NC2=O)CC1. The number of imide groups is 1. The highest BCUT2D eigenvalue weighted by molar-refractivity contribution is 8.00. The number of nitrogens with one attached hydrogen (secondary N) is 1. The van der Waals surface area contributed by atoms with Crippen molar-refractivity contribution < 1.29 is 19.5 Å². The van der Waals surface area contributed by atoms with Crippen LogP contribution in [0.15, 0.2) is 0 Å². The Hall–Kier alpha value is -1.04. The molecule has 2 fully saturated rings. The summed E-state index contributed by atoms with van der Waals surface area (Å²) in [5.74, 6) is -0.596. The number of carboxylic acid groups (broad SMARTS) is 1. The first-order valence-corrected chi connectivity index (χ1v) is 6.23. The lowest BCUT2D eigenvalue weighted by atomic mass is 10.1. The largest absolute Gasteiger partial charge is 0.481 e. The average molecular weight is 243 g/mol. The fourth-order valence-electron chi connectivity index (χ4n) is 1.81. The summed E-state index contributed by atoms with van der Waals surface area (Å²) in [6, 6.07) is 0. The molecule has 0 spiro atoms. The summed E-state index contributed by atoms with van der Waals surface area (Å²) in [5.41, 5.74) is -0.123. The molecular formula is C10H13NO4S. The minimum Gasteiger partial charge on any atom is -0.481 e. The number of carbonyl (C=O) groups excluding carboxylic acids is 2. The van der Waals surface area contributed by atoms with E-state index < -0.39 is 5.97 Å². The van der Waals surface area contributed by atoms with Crippen molar-refractivity contribution in [3.8, 4) is 0 Å². The maximum Gasteiger partial charge on any atom is 0.303 e. The summed E-state index contributed by atoms with van der Waals surface area (Å²) >= 11 is 1.41. The lowest BCUT2D eigenvalue weighted by Crippen LogP contribution is -2.24. The van der Waals surface area contributed by atoms with E-state index in [0.29, 0.717) is 5.75 Å². The number of hydrogen-bond acceptors (Lipinski definition) is 4. The van der Waals surface area contributed by atoms with Gasteiger partial charge in [0, 0.05) is 12.2 Å². The Labute approximate surface area is 97.0 Å². The summed E-state index contributed by atoms with van der Waals surface area (Å²) < 4.78 is 0. The average Bonchev–Trinajstić information content (AvgIpc) is 2.83. The molecule has 1 unspecified atom stereocenters. The van der Waals surface area contributed by atoms with Gasteiger partial charge in [-0.3, -0.25) is 19.7 Å². The first-order valence-electron chi connectivity index (χ1n) is 5.18. The second-order valence-corrected chi connectivity index (χ2v) is 5.68. The predicted molar refractivity (Wildman–Crippen MR) is 57.9 cm³/mol. The molecule has 6 heteroatoms. The molecular weight excluding hydrogens is 230 g/mol. The van der Waals surface area contributed by atoms with Crippen LogP contribution in [0.4, 0.5) is 0 Å². The zero-order valence-electron chi connectivity index (χ0n) is 8.69. The van der Waals surface area contributed by atoms with E-state index in [1.54, 1.807) is 0 Å². The van der Waals surface area contributed by atoms with Gasteiger partial charge in [0.2, 0.25) is 11.8 Å². The number of hydrogen-bond donors (Lipinski definition) is 2. The number of amides is 2. The van der Waals surface area contributed by atoms with Crippen LogP contribution in [0, 0.1) is 5.41 Å². The molecule has 2 N–H and O–H groups in total. The molecule has 2 amide bonds. The normalized spacial score (nSPS) is 26.6. The molecule has 1 atom stereocenters. The standard InChI is InChI=1S/C10H13NO4S/c12-7-3-6(9(15)11-7)16-5-10(1-2-10)4-8(13)14/h6H,1-5H2,(H,13,14)(H,11,12,15). The van der Waals surface area contributed by atoms with Gasteiger partial charge in [-0.15, -0.1) is 11.8 Å². The number of rotatable bonds is 5. The van der Waals surface area contributed by atoms with Crippen LogP contribution in [0.3, 0.4) is 0 Å². The van der Waals surface area contributed by atoms with E-state index in [0.717, 1.165) is 12.8 Å². The van der Waals surface area contributed by atoms with Crippen molar-refractivity contribution in [2.24, 2.45) is 5.41 Å². The van der Waals surface area contributed by atoms with Crippen molar-refractivity contribution in [2.75, 3.05) is 5.75 Å². The zero-order chi connectivity index (χ0) is 11.8. The lowest BCUT2D eigenvalue weighted by molar-refractivity contribution is -0.138. The second-order valence-electron chi connectivity index (χ2n) is 4.49. The number of carboxylic acids is 1. The van der Waals surface area contributed by atoms with Crippen LogP contribution in [-0.4, -0.2) is 33.9 Å². The van der Waals surface area contributed by atoms with Crippen molar-refractivity contribution in [2.45, 2.75) is 30.9 Å². The van der Waals surface area contributed by atoms with Crippen molar-refractivity contribution in [1.82, 2.24) is 5.32 Å². The van der Waals surface area contributed by atoms with Crippen molar-refractivity contribution >= 4 is 29.5 Å². The van der Waals surface area contributed by atoms with Gasteiger partial charge in [-0.1, -0.05) is 0 Å². The van der Waals surface area contributed by atoms with Crippen LogP contribution in [0.25, 0.3) is 0 Å². The fourth-order valence-corrected chi connectivity index (χ4v) is 3.24. The highest BCUT2D eigenvalue weighted by Crippen LogP contribution is 2.51. The van der Waals surface area contributed by atoms with Crippen molar-refractivity contribution in [3.05, 3.63) is 0 Å². The van der Waals surface area contributed by atoms with Crippen LogP contribution in [0.5, 0.6) is 0 Å². The molecule has 0 radical (unpaired) electrons. The molecule has 16 heavy (non-hydrogen) atoms. The van der Waals surface area contributed by atoms with Gasteiger partial charge in [-0.2, -0.15) is 0 Å². The van der Waals surface area contributed by atoms with E-state index in [1.165, 1.54) is 11.8 Å². The van der Waals surface area contributed by atoms with E-state index in [-0.39, 0.29) is 35.3 Å². The van der Waals surface area contributed by atoms with Crippen LogP contribution in [0.2, 0.25) is 0 Å². The quantitative estimate of drug-likeness (QED) is 0.682. The van der Waals surface area contributed by atoms with Crippen molar-refractivity contribution in [1.29, 1.82) is 0 Å². The Bertz CT molecular complexity index is 351. The zero-order valence-corrected chi connectivity index (χ0v) is 9.51. The molecule has 0 aromatic carbocycles. The molecule has 88 valence electrons. The van der Waals surface area contributed by atoms with Gasteiger partial charge in [0.1, 0.15) is 0 Å². The molecule has 0 aromatic rings. The molecule has 1 aliphatic carbocycles. The van der Waals surface area contributed by atoms with Gasteiger partial charge in [0.15, 0.2) is 0 Å². The Balaban J connectivity index is 1.81. The third-order valence-electron chi connectivity index (χ3n) is 3.00. The minimum atomic E-state index is -0.787. The lowest BCUT2D eigenvalue weighted by Gasteiger charge is -2.13. The monoisotopic (exact) mass is 243 g/mol. The van der Waals surface area contributed by atoms with Gasteiger partial charge < -0.3 is 5.11 Å².